The molecule has 0 aromatic carbocycles. The van der Waals surface area contributed by atoms with Gasteiger partial charge in [0.05, 0.1) is 0 Å². The fourth-order valence-corrected chi connectivity index (χ4v) is 4.79. The van der Waals surface area contributed by atoms with Crippen LogP contribution in [0.4, 0.5) is 0 Å². The fraction of sp³-hybridized carbons (Fsp3) is 0.900. The van der Waals surface area contributed by atoms with Crippen molar-refractivity contribution >= 4 is 11.7 Å². The van der Waals surface area contributed by atoms with Crippen LogP contribution in [0.25, 0.3) is 0 Å². The zero-order chi connectivity index (χ0) is 17.6. The maximum Gasteiger partial charge on any atom is 0.225 e. The lowest BCUT2D eigenvalue weighted by Crippen LogP contribution is -2.45. The third-order valence-electron chi connectivity index (χ3n) is 6.53. The first-order valence-corrected chi connectivity index (χ1v) is 10.4. The molecule has 5 nitrogen and oxygen atoms in total. The van der Waals surface area contributed by atoms with Gasteiger partial charge in [0, 0.05) is 44.6 Å². The van der Waals surface area contributed by atoms with Crippen molar-refractivity contribution in [3.8, 4) is 0 Å². The van der Waals surface area contributed by atoms with Gasteiger partial charge in [0.2, 0.25) is 5.91 Å². The average Bonchev–Trinajstić information content (AvgIpc) is 2.90. The van der Waals surface area contributed by atoms with Gasteiger partial charge >= 0.3 is 0 Å². The molecule has 0 radical (unpaired) electrons. The smallest absolute Gasteiger partial charge is 0.225 e. The summed E-state index contributed by atoms with van der Waals surface area (Å²) in [7, 11) is 0. The van der Waals surface area contributed by atoms with E-state index in [1.54, 1.807) is 6.92 Å². The fourth-order valence-electron chi connectivity index (χ4n) is 4.79. The average molecular weight is 350 g/mol. The Balaban J connectivity index is 1.39. The second-order valence-corrected chi connectivity index (χ2v) is 8.33. The molecule has 2 heterocycles. The molecule has 0 aromatic rings. The zero-order valence-corrected chi connectivity index (χ0v) is 15.8. The second-order valence-electron chi connectivity index (χ2n) is 8.33. The predicted octanol–water partition coefficient (Wildman–Crippen LogP) is 1.92. The molecule has 3 rings (SSSR count). The van der Waals surface area contributed by atoms with Crippen LogP contribution in [0.3, 0.4) is 0 Å². The molecule has 0 unspecified atom stereocenters. The standard InChI is InChI=1S/C20H35N3O2/c1-16(24)18-3-5-19(6-4-18)20(25)23-12-7-17(8-13-23)15-22-11-2-9-21-10-14-22/h17-19,21H,2-15H2,1H3. The number of Topliss-reactive ketones (excluding diaryl/α,β-unsaturated/α-hetero) is 1. The van der Waals surface area contributed by atoms with Crippen LogP contribution in [-0.4, -0.2) is 67.3 Å². The minimum absolute atomic E-state index is 0.170. The topological polar surface area (TPSA) is 52.7 Å². The Labute approximate surface area is 152 Å². The second kappa shape index (κ2) is 9.13. The Morgan fingerprint density at radius 1 is 0.880 bits per heavy atom. The molecule has 3 aliphatic rings. The minimum Gasteiger partial charge on any atom is -0.342 e. The summed E-state index contributed by atoms with van der Waals surface area (Å²) >= 11 is 0. The van der Waals surface area contributed by atoms with E-state index in [1.165, 1.54) is 26.1 Å². The number of ketones is 1. The third-order valence-corrected chi connectivity index (χ3v) is 6.53. The quantitative estimate of drug-likeness (QED) is 0.842. The third kappa shape index (κ3) is 5.27. The van der Waals surface area contributed by atoms with Crippen LogP contribution in [0.2, 0.25) is 0 Å². The number of carbonyl (C=O) groups excluding carboxylic acids is 2. The molecule has 1 saturated carbocycles. The monoisotopic (exact) mass is 349 g/mol. The lowest BCUT2D eigenvalue weighted by Gasteiger charge is -2.37. The molecule has 3 fully saturated rings. The molecule has 142 valence electrons. The molecule has 0 bridgehead atoms. The number of piperidine rings is 1. The van der Waals surface area contributed by atoms with Crippen molar-refractivity contribution in [1.82, 2.24) is 15.1 Å². The van der Waals surface area contributed by atoms with Crippen molar-refractivity contribution in [2.75, 3.05) is 45.8 Å². The molecule has 2 saturated heterocycles. The summed E-state index contributed by atoms with van der Waals surface area (Å²) in [5.74, 6) is 1.78. The SMILES string of the molecule is CC(=O)C1CCC(C(=O)N2CCC(CN3CCCNCC3)CC2)CC1. The largest absolute Gasteiger partial charge is 0.342 e. The van der Waals surface area contributed by atoms with Crippen LogP contribution in [0, 0.1) is 17.8 Å². The van der Waals surface area contributed by atoms with E-state index >= 15 is 0 Å². The highest BCUT2D eigenvalue weighted by Crippen LogP contribution is 2.31. The summed E-state index contributed by atoms with van der Waals surface area (Å²) < 4.78 is 0. The molecule has 1 N–H and O–H groups in total. The van der Waals surface area contributed by atoms with Crippen molar-refractivity contribution in [3.63, 3.8) is 0 Å². The Morgan fingerprint density at radius 3 is 2.24 bits per heavy atom. The molecule has 1 amide bonds. The van der Waals surface area contributed by atoms with Gasteiger partial charge in [-0.3, -0.25) is 9.59 Å². The van der Waals surface area contributed by atoms with Gasteiger partial charge in [0.25, 0.3) is 0 Å². The number of hydrogen-bond acceptors (Lipinski definition) is 4. The van der Waals surface area contributed by atoms with Gasteiger partial charge in [-0.05, 0) is 70.9 Å². The number of carbonyl (C=O) groups is 2. The van der Waals surface area contributed by atoms with Crippen LogP contribution in [0.1, 0.15) is 51.9 Å². The first-order chi connectivity index (χ1) is 12.1. The van der Waals surface area contributed by atoms with E-state index in [0.717, 1.165) is 70.6 Å². The van der Waals surface area contributed by atoms with Gasteiger partial charge in [-0.25, -0.2) is 0 Å². The lowest BCUT2D eigenvalue weighted by molar-refractivity contribution is -0.139. The van der Waals surface area contributed by atoms with Gasteiger partial charge in [0.1, 0.15) is 5.78 Å². The number of hydrogen-bond donors (Lipinski definition) is 1. The Bertz CT molecular complexity index is 444. The van der Waals surface area contributed by atoms with Crippen LogP contribution in [0.15, 0.2) is 0 Å². The highest BCUT2D eigenvalue weighted by atomic mass is 16.2. The number of nitrogens with one attached hydrogen (secondary N) is 1. The highest BCUT2D eigenvalue weighted by molar-refractivity contribution is 5.81. The highest BCUT2D eigenvalue weighted by Gasteiger charge is 2.32. The van der Waals surface area contributed by atoms with Gasteiger partial charge < -0.3 is 15.1 Å². The van der Waals surface area contributed by atoms with Gasteiger partial charge in [-0.2, -0.15) is 0 Å². The van der Waals surface area contributed by atoms with Crippen LogP contribution >= 0.6 is 0 Å². The van der Waals surface area contributed by atoms with E-state index in [2.05, 4.69) is 15.1 Å². The van der Waals surface area contributed by atoms with Gasteiger partial charge in [-0.15, -0.1) is 0 Å². The van der Waals surface area contributed by atoms with Crippen molar-refractivity contribution in [1.29, 1.82) is 0 Å². The van der Waals surface area contributed by atoms with Crippen molar-refractivity contribution < 1.29 is 9.59 Å². The summed E-state index contributed by atoms with van der Waals surface area (Å²) in [4.78, 5) is 29.0. The summed E-state index contributed by atoms with van der Waals surface area (Å²) in [5, 5.41) is 3.47. The predicted molar refractivity (Wildman–Crippen MR) is 99.4 cm³/mol. The van der Waals surface area contributed by atoms with E-state index in [-0.39, 0.29) is 11.8 Å². The molecule has 0 spiro atoms. The minimum atomic E-state index is 0.170. The Morgan fingerprint density at radius 2 is 1.56 bits per heavy atom. The molecule has 0 atom stereocenters. The summed E-state index contributed by atoms with van der Waals surface area (Å²) in [6.45, 7) is 9.40. The van der Waals surface area contributed by atoms with E-state index in [0.29, 0.717) is 11.7 Å². The van der Waals surface area contributed by atoms with E-state index in [9.17, 15) is 9.59 Å². The summed E-state index contributed by atoms with van der Waals surface area (Å²) in [6.07, 6.45) is 7.18. The number of amides is 1. The lowest BCUT2D eigenvalue weighted by atomic mass is 9.79. The Kier molecular flexibility index (Phi) is 6.88. The normalized spacial score (nSPS) is 30.0. The summed E-state index contributed by atoms with van der Waals surface area (Å²) in [6, 6.07) is 0. The molecular formula is C20H35N3O2. The van der Waals surface area contributed by atoms with Crippen LogP contribution in [0.5, 0.6) is 0 Å². The van der Waals surface area contributed by atoms with Crippen molar-refractivity contribution in [2.24, 2.45) is 17.8 Å². The number of nitrogens with zero attached hydrogens (tertiary/aromatic N) is 2. The van der Waals surface area contributed by atoms with Crippen LogP contribution < -0.4 is 5.32 Å². The van der Waals surface area contributed by atoms with Gasteiger partial charge in [0.15, 0.2) is 0 Å². The van der Waals surface area contributed by atoms with Crippen molar-refractivity contribution in [2.45, 2.75) is 51.9 Å². The maximum absolute atomic E-state index is 12.8. The number of rotatable bonds is 4. The summed E-state index contributed by atoms with van der Waals surface area (Å²) in [5.41, 5.74) is 0. The molecule has 0 aromatic heterocycles. The van der Waals surface area contributed by atoms with E-state index < -0.39 is 0 Å². The van der Waals surface area contributed by atoms with E-state index in [4.69, 9.17) is 0 Å². The maximum atomic E-state index is 12.8. The Hall–Kier alpha value is -0.940. The first kappa shape index (κ1) is 18.8. The van der Waals surface area contributed by atoms with Crippen molar-refractivity contribution in [3.05, 3.63) is 0 Å². The molecule has 5 heteroatoms. The molecule has 1 aliphatic carbocycles. The zero-order valence-electron chi connectivity index (χ0n) is 15.8. The van der Waals surface area contributed by atoms with Gasteiger partial charge in [-0.1, -0.05) is 0 Å². The molecular weight excluding hydrogens is 314 g/mol. The van der Waals surface area contributed by atoms with Crippen LogP contribution in [-0.2, 0) is 9.59 Å². The first-order valence-electron chi connectivity index (χ1n) is 10.4. The molecule has 25 heavy (non-hydrogen) atoms. The van der Waals surface area contributed by atoms with E-state index in [1.807, 2.05) is 0 Å². The molecule has 2 aliphatic heterocycles. The number of likely N-dealkylation sites (tertiary alicyclic amines) is 1.